The van der Waals surface area contributed by atoms with Crippen LogP contribution in [-0.2, 0) is 4.65 Å². The second kappa shape index (κ2) is 6.58. The second-order valence-corrected chi connectivity index (χ2v) is 8.55. The molecule has 0 fully saturated rings. The van der Waals surface area contributed by atoms with Gasteiger partial charge in [-0.15, -0.1) is 0 Å². The van der Waals surface area contributed by atoms with Crippen LogP contribution in [0.3, 0.4) is 0 Å². The first-order valence-electron chi connectivity index (χ1n) is 8.59. The Morgan fingerprint density at radius 2 is 1.68 bits per heavy atom. The number of benzene rings is 1. The van der Waals surface area contributed by atoms with Crippen molar-refractivity contribution in [3.05, 3.63) is 23.9 Å². The van der Waals surface area contributed by atoms with Gasteiger partial charge in [0.15, 0.2) is 0 Å². The number of para-hydroxylation sites is 1. The van der Waals surface area contributed by atoms with Gasteiger partial charge in [0.05, 0.1) is 27.9 Å². The van der Waals surface area contributed by atoms with Gasteiger partial charge in [-0.25, -0.2) is 9.97 Å². The number of nitrogens with one attached hydrogen (secondary N) is 1. The summed E-state index contributed by atoms with van der Waals surface area (Å²) in [6.45, 7) is 15.4. The zero-order valence-electron chi connectivity index (χ0n) is 16.6. The molecule has 1 heterocycles. The summed E-state index contributed by atoms with van der Waals surface area (Å²) in [5, 5.41) is 13.7. The molecule has 0 aliphatic carbocycles. The molecule has 0 unspecified atom stereocenters. The lowest BCUT2D eigenvalue weighted by molar-refractivity contribution is -0.0893. The Balaban J connectivity index is 2.39. The van der Waals surface area contributed by atoms with Crippen LogP contribution in [0.5, 0.6) is 0 Å². The third kappa shape index (κ3) is 4.70. The van der Waals surface area contributed by atoms with Gasteiger partial charge in [0, 0.05) is 5.54 Å². The molecular weight excluding hydrogens is 313 g/mol. The Bertz CT molecular complexity index is 762. The van der Waals surface area contributed by atoms with Crippen molar-refractivity contribution in [1.29, 1.82) is 0 Å². The van der Waals surface area contributed by atoms with Crippen LogP contribution in [0.25, 0.3) is 11.0 Å². The minimum Gasteiger partial charge on any atom is -0.427 e. The van der Waals surface area contributed by atoms with Gasteiger partial charge in [0.2, 0.25) is 0 Å². The quantitative estimate of drug-likeness (QED) is 0.818. The summed E-state index contributed by atoms with van der Waals surface area (Å²) in [5.74, 6) is 0.766. The van der Waals surface area contributed by atoms with Gasteiger partial charge in [0.1, 0.15) is 5.82 Å². The van der Waals surface area contributed by atoms with Gasteiger partial charge in [-0.2, -0.15) is 0 Å². The second-order valence-electron chi connectivity index (χ2n) is 8.55. The molecule has 1 radical (unpaired) electrons. The minimum atomic E-state index is -0.977. The van der Waals surface area contributed by atoms with Crippen molar-refractivity contribution in [2.45, 2.75) is 72.1 Å². The zero-order chi connectivity index (χ0) is 19.0. The summed E-state index contributed by atoms with van der Waals surface area (Å²) in [4.78, 5) is 9.44. The molecule has 2 rings (SSSR count). The summed E-state index contributed by atoms with van der Waals surface area (Å²) >= 11 is 0. The molecule has 0 saturated heterocycles. The van der Waals surface area contributed by atoms with E-state index in [1.54, 1.807) is 21.3 Å². The van der Waals surface area contributed by atoms with Crippen molar-refractivity contribution in [2.75, 3.05) is 5.32 Å². The highest BCUT2D eigenvalue weighted by atomic mass is 16.5. The molecular formula is C19H29BN3O2. The van der Waals surface area contributed by atoms with Crippen molar-refractivity contribution in [1.82, 2.24) is 9.97 Å². The van der Waals surface area contributed by atoms with Crippen molar-refractivity contribution in [3.63, 3.8) is 0 Å². The average Bonchev–Trinajstić information content (AvgIpc) is 2.43. The van der Waals surface area contributed by atoms with Crippen molar-refractivity contribution in [3.8, 4) is 0 Å². The van der Waals surface area contributed by atoms with E-state index in [0.717, 1.165) is 28.0 Å². The third-order valence-corrected chi connectivity index (χ3v) is 4.35. The van der Waals surface area contributed by atoms with E-state index in [0.29, 0.717) is 0 Å². The Labute approximate surface area is 151 Å². The molecule has 6 heteroatoms. The number of rotatable bonds is 5. The van der Waals surface area contributed by atoms with Gasteiger partial charge in [-0.3, -0.25) is 0 Å². The van der Waals surface area contributed by atoms with E-state index in [-0.39, 0.29) is 5.54 Å². The van der Waals surface area contributed by atoms with E-state index in [1.807, 2.05) is 39.0 Å². The van der Waals surface area contributed by atoms with Gasteiger partial charge < -0.3 is 15.1 Å². The first-order valence-corrected chi connectivity index (χ1v) is 8.59. The number of aromatic nitrogens is 2. The number of hydrogen-bond acceptors (Lipinski definition) is 5. The van der Waals surface area contributed by atoms with E-state index in [4.69, 9.17) is 9.64 Å². The predicted molar refractivity (Wildman–Crippen MR) is 105 cm³/mol. The molecule has 135 valence electrons. The SMILES string of the molecule is Cc1nc2cccc([B]OC(C)(C)C(C)(C)O)c2nc1NC(C)(C)C. The third-order valence-electron chi connectivity index (χ3n) is 4.35. The van der Waals surface area contributed by atoms with E-state index in [2.05, 4.69) is 31.1 Å². The van der Waals surface area contributed by atoms with E-state index >= 15 is 0 Å². The topological polar surface area (TPSA) is 67.3 Å². The molecule has 2 aromatic rings. The standard InChI is InChI=1S/C19H29BN3O2/c1-12-16(23-17(2,3)4)22-15-13(10-9-11-14(15)21-12)20-25-19(7,8)18(5,6)24/h9-11,24H,1-8H3,(H,22,23). The van der Waals surface area contributed by atoms with Gasteiger partial charge in [-0.05, 0) is 66.9 Å². The molecule has 0 atom stereocenters. The molecule has 1 aromatic carbocycles. The van der Waals surface area contributed by atoms with Crippen LogP contribution >= 0.6 is 0 Å². The zero-order valence-corrected chi connectivity index (χ0v) is 16.6. The van der Waals surface area contributed by atoms with E-state index in [1.165, 1.54) is 0 Å². The Hall–Kier alpha value is -1.66. The van der Waals surface area contributed by atoms with Crippen LogP contribution in [-0.4, -0.2) is 39.3 Å². The largest absolute Gasteiger partial charge is 0.427 e. The van der Waals surface area contributed by atoms with Crippen LogP contribution in [0.15, 0.2) is 18.2 Å². The molecule has 0 amide bonds. The maximum absolute atomic E-state index is 10.3. The summed E-state index contributed by atoms with van der Waals surface area (Å²) in [6.07, 6.45) is 0. The summed E-state index contributed by atoms with van der Waals surface area (Å²) in [7, 11) is 1.66. The van der Waals surface area contributed by atoms with E-state index < -0.39 is 11.2 Å². The Kier molecular flexibility index (Phi) is 5.17. The Morgan fingerprint density at radius 1 is 1.04 bits per heavy atom. The van der Waals surface area contributed by atoms with Crippen molar-refractivity contribution in [2.24, 2.45) is 0 Å². The molecule has 0 aliphatic rings. The first kappa shape index (κ1) is 19.7. The molecule has 1 aromatic heterocycles. The smallest absolute Gasteiger partial charge is 0.333 e. The monoisotopic (exact) mass is 342 g/mol. The molecule has 0 aliphatic heterocycles. The van der Waals surface area contributed by atoms with Gasteiger partial charge >= 0.3 is 7.48 Å². The summed E-state index contributed by atoms with van der Waals surface area (Å²) < 4.78 is 5.90. The van der Waals surface area contributed by atoms with E-state index in [9.17, 15) is 5.11 Å². The highest BCUT2D eigenvalue weighted by Gasteiger charge is 2.35. The summed E-state index contributed by atoms with van der Waals surface area (Å²) in [6, 6.07) is 5.81. The lowest BCUT2D eigenvalue weighted by atomic mass is 9.82. The molecule has 0 spiro atoms. The average molecular weight is 342 g/mol. The van der Waals surface area contributed by atoms with Gasteiger partial charge in [-0.1, -0.05) is 12.1 Å². The molecule has 2 N–H and O–H groups in total. The fourth-order valence-corrected chi connectivity index (χ4v) is 2.11. The lowest BCUT2D eigenvalue weighted by Gasteiger charge is -2.37. The molecule has 5 nitrogen and oxygen atoms in total. The lowest BCUT2D eigenvalue weighted by Crippen LogP contribution is -2.49. The normalized spacial score (nSPS) is 13.2. The highest BCUT2D eigenvalue weighted by molar-refractivity contribution is 6.51. The first-order chi connectivity index (χ1) is 11.3. The molecule has 0 bridgehead atoms. The minimum absolute atomic E-state index is 0.106. The van der Waals surface area contributed by atoms with Crippen molar-refractivity contribution < 1.29 is 9.76 Å². The fraction of sp³-hybridized carbons (Fsp3) is 0.579. The number of aliphatic hydroxyl groups is 1. The maximum atomic E-state index is 10.3. The molecule has 0 saturated carbocycles. The molecule has 25 heavy (non-hydrogen) atoms. The van der Waals surface area contributed by atoms with Crippen LogP contribution in [0.2, 0.25) is 0 Å². The van der Waals surface area contributed by atoms with Crippen LogP contribution in [0, 0.1) is 6.92 Å². The fourth-order valence-electron chi connectivity index (χ4n) is 2.11. The number of anilines is 1. The number of aryl methyl sites for hydroxylation is 1. The highest BCUT2D eigenvalue weighted by Crippen LogP contribution is 2.25. The van der Waals surface area contributed by atoms with Crippen molar-refractivity contribution >= 4 is 29.8 Å². The predicted octanol–water partition coefficient (Wildman–Crippen LogP) is 2.96. The Morgan fingerprint density at radius 3 is 2.24 bits per heavy atom. The summed E-state index contributed by atoms with van der Waals surface area (Å²) in [5.41, 5.74) is 1.46. The van der Waals surface area contributed by atoms with Gasteiger partial charge in [0.25, 0.3) is 0 Å². The number of hydrogen-bond donors (Lipinski definition) is 2. The van der Waals surface area contributed by atoms with Crippen LogP contribution in [0.4, 0.5) is 5.82 Å². The van der Waals surface area contributed by atoms with Crippen LogP contribution < -0.4 is 10.8 Å². The van der Waals surface area contributed by atoms with Crippen LogP contribution in [0.1, 0.15) is 54.2 Å². The number of nitrogens with zero attached hydrogens (tertiary/aromatic N) is 2. The number of fused-ring (bicyclic) bond motifs is 1. The maximum Gasteiger partial charge on any atom is 0.333 e.